The topological polar surface area (TPSA) is 88.2 Å². The number of nitrogens with zero attached hydrogens (tertiary/aromatic N) is 3. The first-order chi connectivity index (χ1) is 10.2. The average molecular weight is 282 g/mol. The third kappa shape index (κ3) is 2.29. The fourth-order valence-corrected chi connectivity index (χ4v) is 2.66. The normalized spacial score (nSPS) is 13.7. The fourth-order valence-electron chi connectivity index (χ4n) is 2.66. The van der Waals surface area contributed by atoms with Gasteiger partial charge < -0.3 is 16.4 Å². The van der Waals surface area contributed by atoms with E-state index in [9.17, 15) is 0 Å². The van der Waals surface area contributed by atoms with Crippen molar-refractivity contribution in [1.82, 2.24) is 9.97 Å². The summed E-state index contributed by atoms with van der Waals surface area (Å²) in [4.78, 5) is 12.7. The van der Waals surface area contributed by atoms with Gasteiger partial charge in [-0.25, -0.2) is 9.97 Å². The zero-order chi connectivity index (χ0) is 14.8. The maximum Gasteiger partial charge on any atom is 0.140 e. The van der Waals surface area contributed by atoms with E-state index in [1.54, 1.807) is 7.05 Å². The van der Waals surface area contributed by atoms with Gasteiger partial charge in [0.2, 0.25) is 0 Å². The van der Waals surface area contributed by atoms with Crippen molar-refractivity contribution in [2.45, 2.75) is 6.42 Å². The van der Waals surface area contributed by atoms with Crippen LogP contribution in [0, 0.1) is 0 Å². The first-order valence-electron chi connectivity index (χ1n) is 6.87. The standard InChI is InChI=1S/C15H18N6/c1-17-13(12-14(16)20-8-21-15(12)18-2)10-3-4-11-9(7-10)5-6-19-11/h3-4,7-8,19H,5-6H2,1-2H3,(H3,16,18,20,21). The molecule has 0 saturated heterocycles. The fraction of sp³-hybridized carbons (Fsp3) is 0.267. The first kappa shape index (κ1) is 13.4. The van der Waals surface area contributed by atoms with E-state index < -0.39 is 0 Å². The largest absolute Gasteiger partial charge is 0.384 e. The summed E-state index contributed by atoms with van der Waals surface area (Å²) in [5.41, 5.74) is 11.1. The van der Waals surface area contributed by atoms with E-state index in [0.29, 0.717) is 11.6 Å². The smallest absolute Gasteiger partial charge is 0.140 e. The molecule has 2 heterocycles. The Hall–Kier alpha value is -2.63. The SMILES string of the molecule is CN=C(c1ccc2c(c1)CCN2)c1c(N)ncnc1NC. The summed E-state index contributed by atoms with van der Waals surface area (Å²) in [5.74, 6) is 1.11. The highest BCUT2D eigenvalue weighted by atomic mass is 15.0. The second kappa shape index (κ2) is 5.40. The molecule has 1 aromatic carbocycles. The maximum absolute atomic E-state index is 6.04. The van der Waals surface area contributed by atoms with Gasteiger partial charge in [0.25, 0.3) is 0 Å². The van der Waals surface area contributed by atoms with Gasteiger partial charge in [-0.15, -0.1) is 0 Å². The predicted octanol–water partition coefficient (Wildman–Crippen LogP) is 1.54. The van der Waals surface area contributed by atoms with Crippen molar-refractivity contribution in [2.24, 2.45) is 4.99 Å². The van der Waals surface area contributed by atoms with Gasteiger partial charge in [-0.2, -0.15) is 0 Å². The van der Waals surface area contributed by atoms with Gasteiger partial charge in [0, 0.05) is 31.9 Å². The number of nitrogens with one attached hydrogen (secondary N) is 2. The van der Waals surface area contributed by atoms with E-state index in [0.717, 1.165) is 29.8 Å². The summed E-state index contributed by atoms with van der Waals surface area (Å²) in [6.45, 7) is 0.982. The third-order valence-electron chi connectivity index (χ3n) is 3.66. The highest BCUT2D eigenvalue weighted by molar-refractivity contribution is 6.18. The summed E-state index contributed by atoms with van der Waals surface area (Å²) < 4.78 is 0. The third-order valence-corrected chi connectivity index (χ3v) is 3.66. The minimum Gasteiger partial charge on any atom is -0.384 e. The van der Waals surface area contributed by atoms with Gasteiger partial charge in [-0.3, -0.25) is 4.99 Å². The number of benzene rings is 1. The van der Waals surface area contributed by atoms with Crippen LogP contribution in [-0.2, 0) is 6.42 Å². The Morgan fingerprint density at radius 2 is 2.24 bits per heavy atom. The lowest BCUT2D eigenvalue weighted by molar-refractivity contribution is 1.10. The molecule has 0 spiro atoms. The Labute approximate surface area is 123 Å². The number of hydrogen-bond donors (Lipinski definition) is 3. The van der Waals surface area contributed by atoms with Crippen LogP contribution in [0.15, 0.2) is 29.5 Å². The number of nitrogens with two attached hydrogens (primary N) is 1. The van der Waals surface area contributed by atoms with E-state index in [1.165, 1.54) is 17.6 Å². The molecule has 0 amide bonds. The van der Waals surface area contributed by atoms with Crippen LogP contribution in [0.3, 0.4) is 0 Å². The summed E-state index contributed by atoms with van der Waals surface area (Å²) in [6.07, 6.45) is 2.48. The van der Waals surface area contributed by atoms with Crippen molar-refractivity contribution < 1.29 is 0 Å². The first-order valence-corrected chi connectivity index (χ1v) is 6.87. The van der Waals surface area contributed by atoms with Crippen LogP contribution in [0.4, 0.5) is 17.3 Å². The summed E-state index contributed by atoms with van der Waals surface area (Å²) in [5, 5.41) is 6.41. The van der Waals surface area contributed by atoms with E-state index in [-0.39, 0.29) is 0 Å². The molecular formula is C15H18N6. The van der Waals surface area contributed by atoms with Crippen molar-refractivity contribution in [3.8, 4) is 0 Å². The molecule has 0 bridgehead atoms. The molecule has 2 aromatic rings. The molecular weight excluding hydrogens is 264 g/mol. The van der Waals surface area contributed by atoms with Crippen LogP contribution in [0.1, 0.15) is 16.7 Å². The highest BCUT2D eigenvalue weighted by Gasteiger charge is 2.18. The van der Waals surface area contributed by atoms with Gasteiger partial charge in [0.1, 0.15) is 18.0 Å². The van der Waals surface area contributed by atoms with E-state index >= 15 is 0 Å². The molecule has 0 saturated carbocycles. The van der Waals surface area contributed by atoms with Gasteiger partial charge in [-0.1, -0.05) is 6.07 Å². The molecule has 0 atom stereocenters. The Kier molecular flexibility index (Phi) is 3.43. The van der Waals surface area contributed by atoms with Crippen LogP contribution in [0.2, 0.25) is 0 Å². The number of rotatable bonds is 3. The van der Waals surface area contributed by atoms with Crippen molar-refractivity contribution in [3.05, 3.63) is 41.2 Å². The van der Waals surface area contributed by atoms with Crippen molar-refractivity contribution in [2.75, 3.05) is 37.0 Å². The number of nitrogen functional groups attached to an aromatic ring is 1. The molecule has 21 heavy (non-hydrogen) atoms. The van der Waals surface area contributed by atoms with Crippen molar-refractivity contribution in [1.29, 1.82) is 0 Å². The van der Waals surface area contributed by atoms with Gasteiger partial charge >= 0.3 is 0 Å². The molecule has 6 nitrogen and oxygen atoms in total. The lowest BCUT2D eigenvalue weighted by Crippen LogP contribution is -2.13. The number of anilines is 3. The quantitative estimate of drug-likeness (QED) is 0.743. The second-order valence-electron chi connectivity index (χ2n) is 4.85. The molecule has 0 fully saturated rings. The molecule has 4 N–H and O–H groups in total. The summed E-state index contributed by atoms with van der Waals surface area (Å²) >= 11 is 0. The predicted molar refractivity (Wildman–Crippen MR) is 86.2 cm³/mol. The molecule has 1 aliphatic rings. The molecule has 0 radical (unpaired) electrons. The molecule has 108 valence electrons. The van der Waals surface area contributed by atoms with Crippen LogP contribution >= 0.6 is 0 Å². The van der Waals surface area contributed by atoms with Crippen LogP contribution in [0.5, 0.6) is 0 Å². The zero-order valence-electron chi connectivity index (χ0n) is 12.1. The number of aliphatic imine (C=N–C) groups is 1. The lowest BCUT2D eigenvalue weighted by atomic mass is 9.99. The lowest BCUT2D eigenvalue weighted by Gasteiger charge is -2.13. The Morgan fingerprint density at radius 3 is 3.00 bits per heavy atom. The summed E-state index contributed by atoms with van der Waals surface area (Å²) in [6, 6.07) is 6.29. The van der Waals surface area contributed by atoms with E-state index in [2.05, 4.69) is 37.7 Å². The van der Waals surface area contributed by atoms with Crippen LogP contribution in [0.25, 0.3) is 0 Å². The minimum atomic E-state index is 0.425. The molecule has 6 heteroatoms. The number of hydrogen-bond acceptors (Lipinski definition) is 6. The molecule has 1 aliphatic heterocycles. The molecule has 0 unspecified atom stereocenters. The second-order valence-corrected chi connectivity index (χ2v) is 4.85. The maximum atomic E-state index is 6.04. The average Bonchev–Trinajstić information content (AvgIpc) is 2.97. The minimum absolute atomic E-state index is 0.425. The van der Waals surface area contributed by atoms with Crippen molar-refractivity contribution in [3.63, 3.8) is 0 Å². The van der Waals surface area contributed by atoms with Gasteiger partial charge in [0.05, 0.1) is 11.3 Å². The monoisotopic (exact) mass is 282 g/mol. The Bertz CT molecular complexity index is 707. The van der Waals surface area contributed by atoms with E-state index in [1.807, 2.05) is 13.1 Å². The zero-order valence-corrected chi connectivity index (χ0v) is 12.1. The molecule has 1 aromatic heterocycles. The Morgan fingerprint density at radius 1 is 1.38 bits per heavy atom. The Balaban J connectivity index is 2.12. The molecule has 3 rings (SSSR count). The summed E-state index contributed by atoms with van der Waals surface area (Å²) in [7, 11) is 3.57. The highest BCUT2D eigenvalue weighted by Crippen LogP contribution is 2.27. The van der Waals surface area contributed by atoms with E-state index in [4.69, 9.17) is 5.73 Å². The van der Waals surface area contributed by atoms with Crippen LogP contribution in [-0.4, -0.2) is 36.3 Å². The van der Waals surface area contributed by atoms with Crippen molar-refractivity contribution >= 4 is 23.0 Å². The van der Waals surface area contributed by atoms with Gasteiger partial charge in [0.15, 0.2) is 0 Å². The number of fused-ring (bicyclic) bond motifs is 1. The molecule has 0 aliphatic carbocycles. The van der Waals surface area contributed by atoms with Gasteiger partial charge in [-0.05, 0) is 24.1 Å². The number of aromatic nitrogens is 2. The van der Waals surface area contributed by atoms with Crippen LogP contribution < -0.4 is 16.4 Å².